The Kier molecular flexibility index (Phi) is 5.95. The standard InChI is InChI=1S/C24H19FO2/c1-2-18-3-5-20(6-4-18)17-27-23-14-7-19(8-15-23)9-16-24(26)21-10-12-22(25)13-11-21/h2-16H,1,17H2. The molecule has 0 atom stereocenters. The van der Waals surface area contributed by atoms with Gasteiger partial charge >= 0.3 is 0 Å². The molecule has 0 aliphatic heterocycles. The Morgan fingerprint density at radius 2 is 1.52 bits per heavy atom. The molecule has 2 nitrogen and oxygen atoms in total. The number of ether oxygens (including phenoxy) is 1. The van der Waals surface area contributed by atoms with E-state index in [9.17, 15) is 9.18 Å². The van der Waals surface area contributed by atoms with Crippen molar-refractivity contribution >= 4 is 17.9 Å². The summed E-state index contributed by atoms with van der Waals surface area (Å²) in [6.07, 6.45) is 5.01. The molecule has 0 aromatic heterocycles. The summed E-state index contributed by atoms with van der Waals surface area (Å²) in [6, 6.07) is 21.0. The topological polar surface area (TPSA) is 26.3 Å². The van der Waals surface area contributed by atoms with Crippen molar-refractivity contribution in [1.82, 2.24) is 0 Å². The molecule has 134 valence electrons. The van der Waals surface area contributed by atoms with Crippen LogP contribution in [0.1, 0.15) is 27.0 Å². The predicted octanol–water partition coefficient (Wildman–Crippen LogP) is 5.94. The molecule has 3 heteroatoms. The van der Waals surface area contributed by atoms with Crippen molar-refractivity contribution in [3.05, 3.63) is 114 Å². The first-order valence-electron chi connectivity index (χ1n) is 8.56. The summed E-state index contributed by atoms with van der Waals surface area (Å²) in [7, 11) is 0. The van der Waals surface area contributed by atoms with Gasteiger partial charge in [-0.3, -0.25) is 4.79 Å². The van der Waals surface area contributed by atoms with E-state index in [1.54, 1.807) is 12.2 Å². The number of hydrogen-bond acceptors (Lipinski definition) is 2. The molecule has 0 aliphatic rings. The Hall–Kier alpha value is -3.46. The molecule has 0 fully saturated rings. The third-order valence-electron chi connectivity index (χ3n) is 4.06. The van der Waals surface area contributed by atoms with Crippen LogP contribution in [0, 0.1) is 5.82 Å². The van der Waals surface area contributed by atoms with Gasteiger partial charge < -0.3 is 4.74 Å². The van der Waals surface area contributed by atoms with Gasteiger partial charge in [0, 0.05) is 5.56 Å². The quantitative estimate of drug-likeness (QED) is 0.386. The molecule has 0 saturated carbocycles. The SMILES string of the molecule is C=Cc1ccc(COc2ccc(C=CC(=O)c3ccc(F)cc3)cc2)cc1. The fourth-order valence-electron chi connectivity index (χ4n) is 2.47. The average Bonchev–Trinajstić information content (AvgIpc) is 2.72. The molecule has 0 aliphatic carbocycles. The van der Waals surface area contributed by atoms with Gasteiger partial charge in [0.15, 0.2) is 5.78 Å². The predicted molar refractivity (Wildman–Crippen MR) is 107 cm³/mol. The van der Waals surface area contributed by atoms with E-state index in [1.807, 2.05) is 48.5 Å². The molecular weight excluding hydrogens is 339 g/mol. The maximum Gasteiger partial charge on any atom is 0.185 e. The van der Waals surface area contributed by atoms with Gasteiger partial charge in [-0.05, 0) is 59.2 Å². The van der Waals surface area contributed by atoms with Crippen LogP contribution in [0.3, 0.4) is 0 Å². The number of hydrogen-bond donors (Lipinski definition) is 0. The number of halogens is 1. The first kappa shape index (κ1) is 18.3. The van der Waals surface area contributed by atoms with Crippen LogP contribution in [-0.2, 0) is 6.61 Å². The van der Waals surface area contributed by atoms with Gasteiger partial charge in [0.2, 0.25) is 0 Å². The molecule has 3 rings (SSSR count). The van der Waals surface area contributed by atoms with E-state index in [0.717, 1.165) is 22.4 Å². The van der Waals surface area contributed by atoms with Crippen molar-refractivity contribution < 1.29 is 13.9 Å². The lowest BCUT2D eigenvalue weighted by atomic mass is 10.1. The van der Waals surface area contributed by atoms with Gasteiger partial charge in [-0.25, -0.2) is 4.39 Å². The van der Waals surface area contributed by atoms with Crippen LogP contribution in [0.5, 0.6) is 5.75 Å². The van der Waals surface area contributed by atoms with Crippen LogP contribution >= 0.6 is 0 Å². The van der Waals surface area contributed by atoms with E-state index in [-0.39, 0.29) is 11.6 Å². The Bertz CT molecular complexity index is 937. The Balaban J connectivity index is 1.56. The largest absolute Gasteiger partial charge is 0.489 e. The summed E-state index contributed by atoms with van der Waals surface area (Å²) in [5.41, 5.74) is 3.49. The van der Waals surface area contributed by atoms with Crippen molar-refractivity contribution in [2.75, 3.05) is 0 Å². The number of allylic oxidation sites excluding steroid dienone is 1. The highest BCUT2D eigenvalue weighted by atomic mass is 19.1. The average molecular weight is 358 g/mol. The third kappa shape index (κ3) is 5.25. The molecule has 3 aromatic rings. The summed E-state index contributed by atoms with van der Waals surface area (Å²) in [4.78, 5) is 12.1. The number of carbonyl (C=O) groups is 1. The number of rotatable bonds is 7. The van der Waals surface area contributed by atoms with Crippen LogP contribution in [0.4, 0.5) is 4.39 Å². The van der Waals surface area contributed by atoms with Gasteiger partial charge in [0.05, 0.1) is 0 Å². The van der Waals surface area contributed by atoms with E-state index in [1.165, 1.54) is 30.3 Å². The normalized spacial score (nSPS) is 10.7. The van der Waals surface area contributed by atoms with Gasteiger partial charge in [-0.1, -0.05) is 55.1 Å². The Morgan fingerprint density at radius 1 is 0.889 bits per heavy atom. The lowest BCUT2D eigenvalue weighted by molar-refractivity contribution is 0.104. The van der Waals surface area contributed by atoms with Gasteiger partial charge in [-0.2, -0.15) is 0 Å². The maximum absolute atomic E-state index is 12.9. The summed E-state index contributed by atoms with van der Waals surface area (Å²) in [5, 5.41) is 0. The minimum atomic E-state index is -0.359. The van der Waals surface area contributed by atoms with Gasteiger partial charge in [0.25, 0.3) is 0 Å². The van der Waals surface area contributed by atoms with E-state index >= 15 is 0 Å². The zero-order chi connectivity index (χ0) is 19.1. The summed E-state index contributed by atoms with van der Waals surface area (Å²) in [6.45, 7) is 4.22. The fraction of sp³-hybridized carbons (Fsp3) is 0.0417. The van der Waals surface area contributed by atoms with E-state index in [4.69, 9.17) is 4.74 Å². The van der Waals surface area contributed by atoms with Crippen molar-refractivity contribution in [1.29, 1.82) is 0 Å². The Morgan fingerprint density at radius 3 is 2.15 bits per heavy atom. The minimum absolute atomic E-state index is 0.168. The molecule has 0 amide bonds. The Labute approximate surface area is 158 Å². The van der Waals surface area contributed by atoms with Crippen molar-refractivity contribution in [3.8, 4) is 5.75 Å². The molecule has 0 radical (unpaired) electrons. The van der Waals surface area contributed by atoms with Crippen molar-refractivity contribution in [3.63, 3.8) is 0 Å². The zero-order valence-electron chi connectivity index (χ0n) is 14.8. The van der Waals surface area contributed by atoms with E-state index in [0.29, 0.717) is 12.2 Å². The fourth-order valence-corrected chi connectivity index (χ4v) is 2.47. The van der Waals surface area contributed by atoms with Gasteiger partial charge in [-0.15, -0.1) is 0 Å². The minimum Gasteiger partial charge on any atom is -0.489 e. The van der Waals surface area contributed by atoms with Gasteiger partial charge in [0.1, 0.15) is 18.2 Å². The highest BCUT2D eigenvalue weighted by Gasteiger charge is 2.02. The van der Waals surface area contributed by atoms with Crippen LogP contribution < -0.4 is 4.74 Å². The molecule has 0 spiro atoms. The summed E-state index contributed by atoms with van der Waals surface area (Å²) in [5.74, 6) is 0.228. The first-order chi connectivity index (χ1) is 13.1. The maximum atomic E-state index is 12.9. The molecule has 0 saturated heterocycles. The van der Waals surface area contributed by atoms with Crippen LogP contribution in [0.2, 0.25) is 0 Å². The van der Waals surface area contributed by atoms with Crippen LogP contribution in [0.15, 0.2) is 85.5 Å². The second-order valence-electron chi connectivity index (χ2n) is 6.01. The second kappa shape index (κ2) is 8.77. The molecule has 3 aromatic carbocycles. The highest BCUT2D eigenvalue weighted by Crippen LogP contribution is 2.16. The summed E-state index contributed by atoms with van der Waals surface area (Å²) < 4.78 is 18.7. The van der Waals surface area contributed by atoms with Crippen molar-refractivity contribution in [2.24, 2.45) is 0 Å². The lowest BCUT2D eigenvalue weighted by Crippen LogP contribution is -1.95. The molecule has 0 heterocycles. The molecule has 0 N–H and O–H groups in total. The smallest absolute Gasteiger partial charge is 0.185 e. The molecular formula is C24H19FO2. The zero-order valence-corrected chi connectivity index (χ0v) is 14.8. The van der Waals surface area contributed by atoms with E-state index in [2.05, 4.69) is 6.58 Å². The van der Waals surface area contributed by atoms with Crippen molar-refractivity contribution in [2.45, 2.75) is 6.61 Å². The first-order valence-corrected chi connectivity index (χ1v) is 8.56. The second-order valence-corrected chi connectivity index (χ2v) is 6.01. The third-order valence-corrected chi connectivity index (χ3v) is 4.06. The van der Waals surface area contributed by atoms with Crippen LogP contribution in [-0.4, -0.2) is 5.78 Å². The number of ketones is 1. The molecule has 0 bridgehead atoms. The molecule has 0 unspecified atom stereocenters. The summed E-state index contributed by atoms with van der Waals surface area (Å²) >= 11 is 0. The van der Waals surface area contributed by atoms with Crippen LogP contribution in [0.25, 0.3) is 12.2 Å². The monoisotopic (exact) mass is 358 g/mol. The highest BCUT2D eigenvalue weighted by molar-refractivity contribution is 6.06. The van der Waals surface area contributed by atoms with E-state index < -0.39 is 0 Å². The number of benzene rings is 3. The lowest BCUT2D eigenvalue weighted by Gasteiger charge is -2.07. The molecule has 27 heavy (non-hydrogen) atoms. The number of carbonyl (C=O) groups excluding carboxylic acids is 1.